The molecule has 32 heavy (non-hydrogen) atoms. The number of rotatable bonds is 9. The predicted molar refractivity (Wildman–Crippen MR) is 116 cm³/mol. The molecular weight excluding hydrogens is 459 g/mol. The third kappa shape index (κ3) is 6.12. The summed E-state index contributed by atoms with van der Waals surface area (Å²) in [6, 6.07) is 10.7. The van der Waals surface area contributed by atoms with E-state index in [1.54, 1.807) is 25.1 Å². The predicted octanol–water partition coefficient (Wildman–Crippen LogP) is 1.69. The van der Waals surface area contributed by atoms with Gasteiger partial charge < -0.3 is 9.84 Å². The standard InChI is InChI=1S/C21H27FN2O6S2/c1-15-5-2-3-8-21(15)32(28,29)24-19-10-9-17(30-20(19)14-25)11-12-23-31(26,27)18-7-4-6-16(22)13-18/h2-8,13,17,19-20,23-25H,9-12,14H2,1H3/t17-,19+,20-/m0/s1. The van der Waals surface area contributed by atoms with E-state index in [4.69, 9.17) is 4.74 Å². The molecule has 176 valence electrons. The largest absolute Gasteiger partial charge is 0.394 e. The summed E-state index contributed by atoms with van der Waals surface area (Å²) < 4.78 is 74.2. The van der Waals surface area contributed by atoms with E-state index in [-0.39, 0.29) is 29.0 Å². The van der Waals surface area contributed by atoms with Crippen LogP contribution in [-0.4, -0.2) is 53.3 Å². The van der Waals surface area contributed by atoms with Crippen LogP contribution < -0.4 is 9.44 Å². The van der Waals surface area contributed by atoms with Crippen LogP contribution >= 0.6 is 0 Å². The molecular formula is C21H27FN2O6S2. The quantitative estimate of drug-likeness (QED) is 0.496. The molecule has 8 nitrogen and oxygen atoms in total. The van der Waals surface area contributed by atoms with Crippen LogP contribution in [0.4, 0.5) is 4.39 Å². The van der Waals surface area contributed by atoms with Crippen molar-refractivity contribution >= 4 is 20.0 Å². The molecule has 11 heteroatoms. The highest BCUT2D eigenvalue weighted by atomic mass is 32.2. The molecule has 0 saturated carbocycles. The molecule has 1 heterocycles. The summed E-state index contributed by atoms with van der Waals surface area (Å²) in [5.41, 5.74) is 0.612. The molecule has 0 spiro atoms. The highest BCUT2D eigenvalue weighted by Crippen LogP contribution is 2.24. The molecule has 3 N–H and O–H groups in total. The van der Waals surface area contributed by atoms with Crippen LogP contribution in [0.5, 0.6) is 0 Å². The number of aryl methyl sites for hydroxylation is 1. The van der Waals surface area contributed by atoms with Crippen molar-refractivity contribution in [2.45, 2.75) is 54.2 Å². The number of aliphatic hydroxyl groups excluding tert-OH is 1. The highest BCUT2D eigenvalue weighted by Gasteiger charge is 2.34. The number of aliphatic hydroxyl groups is 1. The normalized spacial score (nSPS) is 22.0. The van der Waals surface area contributed by atoms with Crippen LogP contribution in [0, 0.1) is 12.7 Å². The summed E-state index contributed by atoms with van der Waals surface area (Å²) in [6.07, 6.45) is 0.119. The Kier molecular flexibility index (Phi) is 8.01. The van der Waals surface area contributed by atoms with Gasteiger partial charge >= 0.3 is 0 Å². The third-order valence-corrected chi connectivity index (χ3v) is 8.46. The van der Waals surface area contributed by atoms with Crippen molar-refractivity contribution < 1.29 is 31.1 Å². The monoisotopic (exact) mass is 486 g/mol. The summed E-state index contributed by atoms with van der Waals surface area (Å²) >= 11 is 0. The number of ether oxygens (including phenoxy) is 1. The molecule has 0 bridgehead atoms. The topological polar surface area (TPSA) is 122 Å². The average molecular weight is 487 g/mol. The van der Waals surface area contributed by atoms with Crippen molar-refractivity contribution in [3.8, 4) is 0 Å². The molecule has 3 atom stereocenters. The molecule has 0 aliphatic carbocycles. The van der Waals surface area contributed by atoms with Crippen molar-refractivity contribution in [1.29, 1.82) is 0 Å². The Morgan fingerprint density at radius 1 is 1.06 bits per heavy atom. The van der Waals surface area contributed by atoms with Gasteiger partial charge in [0, 0.05) is 6.54 Å². The number of sulfonamides is 2. The first-order chi connectivity index (χ1) is 15.1. The van der Waals surface area contributed by atoms with E-state index in [1.165, 1.54) is 18.2 Å². The second-order valence-corrected chi connectivity index (χ2v) is 11.1. The molecule has 1 aliphatic heterocycles. The average Bonchev–Trinajstić information content (AvgIpc) is 2.74. The third-order valence-electron chi connectivity index (χ3n) is 5.35. The summed E-state index contributed by atoms with van der Waals surface area (Å²) in [6.45, 7) is 1.38. The van der Waals surface area contributed by atoms with Crippen LogP contribution in [0.15, 0.2) is 58.3 Å². The molecule has 0 aromatic heterocycles. The lowest BCUT2D eigenvalue weighted by molar-refractivity contribution is -0.0869. The van der Waals surface area contributed by atoms with Gasteiger partial charge in [0.2, 0.25) is 20.0 Å². The van der Waals surface area contributed by atoms with E-state index < -0.39 is 38.0 Å². The zero-order valence-corrected chi connectivity index (χ0v) is 19.2. The lowest BCUT2D eigenvalue weighted by Gasteiger charge is -2.36. The van der Waals surface area contributed by atoms with Crippen LogP contribution in [0.25, 0.3) is 0 Å². The molecule has 1 aliphatic rings. The van der Waals surface area contributed by atoms with Gasteiger partial charge in [-0.2, -0.15) is 0 Å². The van der Waals surface area contributed by atoms with Crippen LogP contribution in [0.1, 0.15) is 24.8 Å². The van der Waals surface area contributed by atoms with E-state index in [2.05, 4.69) is 9.44 Å². The van der Waals surface area contributed by atoms with Crippen LogP contribution in [0.3, 0.4) is 0 Å². The van der Waals surface area contributed by atoms with Crippen LogP contribution in [-0.2, 0) is 24.8 Å². The first-order valence-corrected chi connectivity index (χ1v) is 13.2. The maximum atomic E-state index is 13.3. The second-order valence-electron chi connectivity index (χ2n) is 7.69. The van der Waals surface area contributed by atoms with Gasteiger partial charge in [0.05, 0.1) is 34.6 Å². The van der Waals surface area contributed by atoms with Gasteiger partial charge in [-0.15, -0.1) is 0 Å². The fourth-order valence-corrected chi connectivity index (χ4v) is 6.29. The van der Waals surface area contributed by atoms with Crippen LogP contribution in [0.2, 0.25) is 0 Å². The Balaban J connectivity index is 1.56. The summed E-state index contributed by atoms with van der Waals surface area (Å²) in [7, 11) is -7.64. The van der Waals surface area contributed by atoms with Crippen molar-refractivity contribution in [3.05, 3.63) is 59.9 Å². The molecule has 3 rings (SSSR count). The van der Waals surface area contributed by atoms with Gasteiger partial charge in [-0.1, -0.05) is 24.3 Å². The summed E-state index contributed by atoms with van der Waals surface area (Å²) in [4.78, 5) is 0.00606. The minimum atomic E-state index is -3.86. The zero-order valence-electron chi connectivity index (χ0n) is 17.6. The molecule has 0 radical (unpaired) electrons. The van der Waals surface area contributed by atoms with E-state index >= 15 is 0 Å². The Labute approximate surface area is 187 Å². The highest BCUT2D eigenvalue weighted by molar-refractivity contribution is 7.89. The van der Waals surface area contributed by atoms with Gasteiger partial charge in [0.15, 0.2) is 0 Å². The van der Waals surface area contributed by atoms with Crippen molar-refractivity contribution in [2.75, 3.05) is 13.2 Å². The second kappa shape index (κ2) is 10.4. The minimum absolute atomic E-state index is 0.0568. The molecule has 2 aromatic rings. The van der Waals surface area contributed by atoms with Crippen molar-refractivity contribution in [3.63, 3.8) is 0 Å². The maximum Gasteiger partial charge on any atom is 0.241 e. The minimum Gasteiger partial charge on any atom is -0.394 e. The zero-order chi connectivity index (χ0) is 23.4. The van der Waals surface area contributed by atoms with E-state index in [9.17, 15) is 26.3 Å². The van der Waals surface area contributed by atoms with Gasteiger partial charge in [-0.05, 0) is 56.0 Å². The summed E-state index contributed by atoms with van der Waals surface area (Å²) in [5, 5.41) is 9.72. The Morgan fingerprint density at radius 3 is 2.50 bits per heavy atom. The molecule has 1 saturated heterocycles. The first-order valence-electron chi connectivity index (χ1n) is 10.2. The SMILES string of the molecule is Cc1ccccc1S(=O)(=O)N[C@@H]1CC[C@@H](CCNS(=O)(=O)c2cccc(F)c2)O[C@H]1CO. The van der Waals surface area contributed by atoms with Gasteiger partial charge in [-0.25, -0.2) is 30.7 Å². The number of hydrogen-bond acceptors (Lipinski definition) is 6. The molecule has 0 amide bonds. The number of nitrogens with one attached hydrogen (secondary N) is 2. The lowest BCUT2D eigenvalue weighted by atomic mass is 9.98. The molecule has 2 aromatic carbocycles. The Hall–Kier alpha value is -1.89. The summed E-state index contributed by atoms with van der Waals surface area (Å²) in [5.74, 6) is -0.645. The van der Waals surface area contributed by atoms with Crippen molar-refractivity contribution in [2.24, 2.45) is 0 Å². The number of hydrogen-bond donors (Lipinski definition) is 3. The molecule has 0 unspecified atom stereocenters. The van der Waals surface area contributed by atoms with E-state index in [0.29, 0.717) is 24.8 Å². The maximum absolute atomic E-state index is 13.3. The number of halogens is 1. The smallest absolute Gasteiger partial charge is 0.241 e. The Morgan fingerprint density at radius 2 is 1.81 bits per heavy atom. The fraction of sp³-hybridized carbons (Fsp3) is 0.429. The van der Waals surface area contributed by atoms with E-state index in [0.717, 1.165) is 12.1 Å². The van der Waals surface area contributed by atoms with Gasteiger partial charge in [-0.3, -0.25) is 0 Å². The lowest BCUT2D eigenvalue weighted by Crippen LogP contribution is -2.51. The Bertz CT molecular complexity index is 1140. The molecule has 1 fully saturated rings. The first kappa shape index (κ1) is 24.7. The fourth-order valence-electron chi connectivity index (χ4n) is 3.67. The van der Waals surface area contributed by atoms with Gasteiger partial charge in [0.1, 0.15) is 5.82 Å². The van der Waals surface area contributed by atoms with Crippen molar-refractivity contribution in [1.82, 2.24) is 9.44 Å². The van der Waals surface area contributed by atoms with Gasteiger partial charge in [0.25, 0.3) is 0 Å². The van der Waals surface area contributed by atoms with E-state index in [1.807, 2.05) is 0 Å². The number of benzene rings is 2.